The first-order chi connectivity index (χ1) is 8.26. The highest BCUT2D eigenvalue weighted by Crippen LogP contribution is 2.15. The molecule has 1 rings (SSSR count). The molecule has 0 fully saturated rings. The minimum atomic E-state index is 0.720. The molecule has 2 nitrogen and oxygen atoms in total. The summed E-state index contributed by atoms with van der Waals surface area (Å²) in [6.07, 6.45) is 1.04. The van der Waals surface area contributed by atoms with E-state index in [1.54, 1.807) is 0 Å². The maximum absolute atomic E-state index is 5.68. The lowest BCUT2D eigenvalue weighted by Gasteiger charge is -2.19. The Labute approximate surface area is 117 Å². The number of likely N-dealkylation sites (N-methyl/N-ethyl adjacent to an activating group) is 1. The Morgan fingerprint density at radius 2 is 1.94 bits per heavy atom. The van der Waals surface area contributed by atoms with Crippen LogP contribution in [-0.2, 0) is 0 Å². The van der Waals surface area contributed by atoms with Gasteiger partial charge in [-0.3, -0.25) is 0 Å². The molecule has 96 valence electrons. The summed E-state index contributed by atoms with van der Waals surface area (Å²) in [6, 6.07) is 7.92. The average Bonchev–Trinajstić information content (AvgIpc) is 2.36. The summed E-state index contributed by atoms with van der Waals surface area (Å²) >= 11 is 9.09. The Morgan fingerprint density at radius 3 is 2.53 bits per heavy atom. The van der Waals surface area contributed by atoms with Crippen molar-refractivity contribution in [3.63, 3.8) is 0 Å². The van der Waals surface area contributed by atoms with Gasteiger partial charge in [0.05, 0.1) is 0 Å². The van der Waals surface area contributed by atoms with Gasteiger partial charge in [-0.15, -0.1) is 11.6 Å². The maximum Gasteiger partial charge on any atom is 0.119 e. The summed E-state index contributed by atoms with van der Waals surface area (Å²) in [5, 5.41) is 0. The minimum Gasteiger partial charge on any atom is -0.492 e. The second-order valence-electron chi connectivity index (χ2n) is 3.78. The van der Waals surface area contributed by atoms with Crippen molar-refractivity contribution in [3.05, 3.63) is 28.7 Å². The van der Waals surface area contributed by atoms with Crippen molar-refractivity contribution in [2.24, 2.45) is 0 Å². The highest BCUT2D eigenvalue weighted by atomic mass is 79.9. The molecule has 0 radical (unpaired) electrons. The molecular weight excluding hydrogens is 302 g/mol. The van der Waals surface area contributed by atoms with Crippen LogP contribution in [0.4, 0.5) is 0 Å². The molecule has 0 aliphatic heterocycles. The quantitative estimate of drug-likeness (QED) is 0.676. The van der Waals surface area contributed by atoms with Gasteiger partial charge in [-0.1, -0.05) is 22.9 Å². The van der Waals surface area contributed by atoms with E-state index in [9.17, 15) is 0 Å². The SMILES string of the molecule is CCN(CCCCl)CCOc1ccc(Br)cc1. The highest BCUT2D eigenvalue weighted by molar-refractivity contribution is 9.10. The zero-order valence-electron chi connectivity index (χ0n) is 10.2. The predicted octanol–water partition coefficient (Wildman–Crippen LogP) is 3.78. The van der Waals surface area contributed by atoms with Crippen molar-refractivity contribution >= 4 is 27.5 Å². The Kier molecular flexibility index (Phi) is 7.65. The van der Waals surface area contributed by atoms with Crippen LogP contribution in [0.2, 0.25) is 0 Å². The first kappa shape index (κ1) is 14.8. The molecule has 0 aliphatic carbocycles. The summed E-state index contributed by atoms with van der Waals surface area (Å²) in [6.45, 7) is 5.92. The van der Waals surface area contributed by atoms with E-state index >= 15 is 0 Å². The summed E-state index contributed by atoms with van der Waals surface area (Å²) in [7, 11) is 0. The smallest absolute Gasteiger partial charge is 0.119 e. The molecule has 1 aromatic rings. The zero-order valence-corrected chi connectivity index (χ0v) is 12.5. The second-order valence-corrected chi connectivity index (χ2v) is 5.07. The Morgan fingerprint density at radius 1 is 1.24 bits per heavy atom. The fourth-order valence-electron chi connectivity index (χ4n) is 1.53. The van der Waals surface area contributed by atoms with E-state index in [0.717, 1.165) is 48.8 Å². The lowest BCUT2D eigenvalue weighted by Crippen LogP contribution is -2.29. The van der Waals surface area contributed by atoms with Crippen LogP contribution < -0.4 is 4.74 Å². The van der Waals surface area contributed by atoms with Gasteiger partial charge in [0.15, 0.2) is 0 Å². The summed E-state index contributed by atoms with van der Waals surface area (Å²) in [4.78, 5) is 2.35. The number of alkyl halides is 1. The number of hydrogen-bond donors (Lipinski definition) is 0. The highest BCUT2D eigenvalue weighted by Gasteiger charge is 2.02. The van der Waals surface area contributed by atoms with Gasteiger partial charge in [0.2, 0.25) is 0 Å². The van der Waals surface area contributed by atoms with Crippen LogP contribution in [0.15, 0.2) is 28.7 Å². The van der Waals surface area contributed by atoms with E-state index in [-0.39, 0.29) is 0 Å². The van der Waals surface area contributed by atoms with Crippen LogP contribution in [0.3, 0.4) is 0 Å². The van der Waals surface area contributed by atoms with E-state index in [2.05, 4.69) is 27.8 Å². The predicted molar refractivity (Wildman–Crippen MR) is 77.1 cm³/mol. The van der Waals surface area contributed by atoms with Gasteiger partial charge in [0.1, 0.15) is 12.4 Å². The molecule has 4 heteroatoms. The Hall–Kier alpha value is -0.250. The molecule has 0 amide bonds. The molecule has 0 bridgehead atoms. The second kappa shape index (κ2) is 8.78. The molecule has 0 saturated carbocycles. The molecule has 0 atom stereocenters. The van der Waals surface area contributed by atoms with Gasteiger partial charge >= 0.3 is 0 Å². The molecule has 17 heavy (non-hydrogen) atoms. The fraction of sp³-hybridized carbons (Fsp3) is 0.538. The van der Waals surface area contributed by atoms with Crippen LogP contribution in [0.1, 0.15) is 13.3 Å². The lowest BCUT2D eigenvalue weighted by molar-refractivity contribution is 0.216. The van der Waals surface area contributed by atoms with Crippen LogP contribution in [0.5, 0.6) is 5.75 Å². The maximum atomic E-state index is 5.68. The third-order valence-electron chi connectivity index (χ3n) is 2.55. The molecule has 0 heterocycles. The van der Waals surface area contributed by atoms with Gasteiger partial charge in [-0.25, -0.2) is 0 Å². The van der Waals surface area contributed by atoms with E-state index < -0.39 is 0 Å². The monoisotopic (exact) mass is 319 g/mol. The van der Waals surface area contributed by atoms with E-state index in [1.165, 1.54) is 0 Å². The van der Waals surface area contributed by atoms with E-state index in [0.29, 0.717) is 0 Å². The summed E-state index contributed by atoms with van der Waals surface area (Å²) < 4.78 is 6.75. The summed E-state index contributed by atoms with van der Waals surface area (Å²) in [5.74, 6) is 1.64. The molecule has 0 aromatic heterocycles. The third-order valence-corrected chi connectivity index (χ3v) is 3.34. The largest absolute Gasteiger partial charge is 0.492 e. The van der Waals surface area contributed by atoms with Crippen LogP contribution in [-0.4, -0.2) is 37.0 Å². The van der Waals surface area contributed by atoms with E-state index in [1.807, 2.05) is 24.3 Å². The van der Waals surface area contributed by atoms with Gasteiger partial charge in [0, 0.05) is 16.9 Å². The first-order valence-corrected chi connectivity index (χ1v) is 7.25. The Balaban J connectivity index is 2.23. The number of benzene rings is 1. The number of nitrogens with zero attached hydrogens (tertiary/aromatic N) is 1. The third kappa shape index (κ3) is 6.29. The van der Waals surface area contributed by atoms with Crippen LogP contribution in [0, 0.1) is 0 Å². The molecule has 0 spiro atoms. The van der Waals surface area contributed by atoms with Gasteiger partial charge in [-0.05, 0) is 43.8 Å². The van der Waals surface area contributed by atoms with Crippen molar-refractivity contribution in [1.82, 2.24) is 4.90 Å². The van der Waals surface area contributed by atoms with Crippen molar-refractivity contribution in [2.45, 2.75) is 13.3 Å². The standard InChI is InChI=1S/C13H19BrClNO/c1-2-16(9-3-8-15)10-11-17-13-6-4-12(14)5-7-13/h4-7H,2-3,8-11H2,1H3. The van der Waals surface area contributed by atoms with Crippen LogP contribution in [0.25, 0.3) is 0 Å². The van der Waals surface area contributed by atoms with Crippen molar-refractivity contribution in [2.75, 3.05) is 32.1 Å². The topological polar surface area (TPSA) is 12.5 Å². The van der Waals surface area contributed by atoms with E-state index in [4.69, 9.17) is 16.3 Å². The number of hydrogen-bond acceptors (Lipinski definition) is 2. The molecule has 0 saturated heterocycles. The first-order valence-electron chi connectivity index (χ1n) is 5.93. The fourth-order valence-corrected chi connectivity index (χ4v) is 1.92. The number of ether oxygens (including phenoxy) is 1. The molecule has 0 N–H and O–H groups in total. The lowest BCUT2D eigenvalue weighted by atomic mass is 10.3. The summed E-state index contributed by atoms with van der Waals surface area (Å²) in [5.41, 5.74) is 0. The molecule has 0 unspecified atom stereocenters. The average molecular weight is 321 g/mol. The molecular formula is C13H19BrClNO. The van der Waals surface area contributed by atoms with Gasteiger partial charge in [0.25, 0.3) is 0 Å². The van der Waals surface area contributed by atoms with Crippen LogP contribution >= 0.6 is 27.5 Å². The Bertz CT molecular complexity index is 305. The molecule has 0 aliphatic rings. The normalized spacial score (nSPS) is 10.8. The van der Waals surface area contributed by atoms with Crippen molar-refractivity contribution < 1.29 is 4.74 Å². The van der Waals surface area contributed by atoms with Crippen molar-refractivity contribution in [1.29, 1.82) is 0 Å². The molecule has 1 aromatic carbocycles. The van der Waals surface area contributed by atoms with Gasteiger partial charge < -0.3 is 9.64 Å². The zero-order chi connectivity index (χ0) is 12.5. The minimum absolute atomic E-state index is 0.720. The number of halogens is 2. The van der Waals surface area contributed by atoms with Gasteiger partial charge in [-0.2, -0.15) is 0 Å². The van der Waals surface area contributed by atoms with Crippen molar-refractivity contribution in [3.8, 4) is 5.75 Å². The number of rotatable bonds is 8.